The fraction of sp³-hybridized carbons (Fsp3) is 0.857. The number of methoxy groups -OCH3 is 1. The molecule has 1 N–H and O–H groups in total. The summed E-state index contributed by atoms with van der Waals surface area (Å²) in [6.07, 6.45) is -0.254. The van der Waals surface area contributed by atoms with E-state index in [1.165, 1.54) is 7.11 Å². The summed E-state index contributed by atoms with van der Waals surface area (Å²) in [5, 5.41) is 3.05. The van der Waals surface area contributed by atoms with Crippen LogP contribution in [0.2, 0.25) is 0 Å². The summed E-state index contributed by atoms with van der Waals surface area (Å²) < 4.78 is 9.80. The molecule has 0 saturated carbocycles. The largest absolute Gasteiger partial charge is 0.467 e. The van der Waals surface area contributed by atoms with Gasteiger partial charge < -0.3 is 14.8 Å². The summed E-state index contributed by atoms with van der Waals surface area (Å²) in [5.41, 5.74) is 0. The van der Waals surface area contributed by atoms with E-state index in [-0.39, 0.29) is 12.1 Å². The standard InChI is InChI=1S/C7H13NO3/c1-5(7(9)10-2)11-6-3-8-4-6/h5-6,8H,3-4H2,1-2H3. The lowest BCUT2D eigenvalue weighted by Gasteiger charge is -2.29. The molecule has 1 unspecified atom stereocenters. The normalized spacial score (nSPS) is 20.5. The summed E-state index contributed by atoms with van der Waals surface area (Å²) >= 11 is 0. The Hall–Kier alpha value is -0.610. The van der Waals surface area contributed by atoms with Gasteiger partial charge in [0.1, 0.15) is 0 Å². The number of rotatable bonds is 3. The Morgan fingerprint density at radius 1 is 1.64 bits per heavy atom. The molecule has 0 aromatic heterocycles. The number of nitrogens with one attached hydrogen (secondary N) is 1. The zero-order valence-electron chi connectivity index (χ0n) is 6.79. The monoisotopic (exact) mass is 159 g/mol. The topological polar surface area (TPSA) is 47.6 Å². The lowest BCUT2D eigenvalue weighted by molar-refractivity contribution is -0.158. The Morgan fingerprint density at radius 2 is 2.27 bits per heavy atom. The fourth-order valence-corrected chi connectivity index (χ4v) is 0.869. The molecule has 4 heteroatoms. The van der Waals surface area contributed by atoms with E-state index in [4.69, 9.17) is 4.74 Å². The van der Waals surface area contributed by atoms with Crippen molar-refractivity contribution < 1.29 is 14.3 Å². The van der Waals surface area contributed by atoms with Crippen LogP contribution in [-0.2, 0) is 14.3 Å². The van der Waals surface area contributed by atoms with E-state index in [0.717, 1.165) is 13.1 Å². The first kappa shape index (κ1) is 8.49. The van der Waals surface area contributed by atoms with Crippen LogP contribution in [0.15, 0.2) is 0 Å². The molecule has 0 aromatic carbocycles. The highest BCUT2D eigenvalue weighted by molar-refractivity contribution is 5.73. The van der Waals surface area contributed by atoms with Crippen molar-refractivity contribution in [2.45, 2.75) is 19.1 Å². The first-order chi connectivity index (χ1) is 5.24. The molecule has 0 radical (unpaired) electrons. The Kier molecular flexibility index (Phi) is 2.84. The highest BCUT2D eigenvalue weighted by atomic mass is 16.6. The molecular weight excluding hydrogens is 146 g/mol. The van der Waals surface area contributed by atoms with E-state index in [2.05, 4.69) is 10.1 Å². The number of carbonyl (C=O) groups excluding carboxylic acids is 1. The highest BCUT2D eigenvalue weighted by Gasteiger charge is 2.23. The predicted octanol–water partition coefficient (Wildman–Crippen LogP) is -0.464. The molecule has 64 valence electrons. The molecule has 0 amide bonds. The zero-order valence-corrected chi connectivity index (χ0v) is 6.79. The molecule has 0 aromatic rings. The molecule has 1 atom stereocenters. The van der Waals surface area contributed by atoms with Gasteiger partial charge in [0.25, 0.3) is 0 Å². The van der Waals surface area contributed by atoms with Crippen LogP contribution in [0, 0.1) is 0 Å². The summed E-state index contributed by atoms with van der Waals surface area (Å²) in [7, 11) is 1.36. The maximum Gasteiger partial charge on any atom is 0.334 e. The molecule has 0 spiro atoms. The van der Waals surface area contributed by atoms with Crippen LogP contribution in [0.1, 0.15) is 6.92 Å². The molecular formula is C7H13NO3. The van der Waals surface area contributed by atoms with Gasteiger partial charge in [0.15, 0.2) is 6.10 Å². The van der Waals surface area contributed by atoms with Gasteiger partial charge >= 0.3 is 5.97 Å². The van der Waals surface area contributed by atoms with Crippen molar-refractivity contribution in [3.8, 4) is 0 Å². The third-order valence-corrected chi connectivity index (χ3v) is 1.67. The summed E-state index contributed by atoms with van der Waals surface area (Å²) in [4.78, 5) is 10.8. The van der Waals surface area contributed by atoms with Crippen molar-refractivity contribution in [1.82, 2.24) is 5.32 Å². The Morgan fingerprint density at radius 3 is 2.64 bits per heavy atom. The molecule has 1 fully saturated rings. The van der Waals surface area contributed by atoms with Crippen LogP contribution < -0.4 is 5.32 Å². The van der Waals surface area contributed by atoms with Gasteiger partial charge in [-0.2, -0.15) is 0 Å². The minimum Gasteiger partial charge on any atom is -0.467 e. The van der Waals surface area contributed by atoms with Crippen molar-refractivity contribution in [3.63, 3.8) is 0 Å². The quantitative estimate of drug-likeness (QED) is 0.566. The highest BCUT2D eigenvalue weighted by Crippen LogP contribution is 2.03. The van der Waals surface area contributed by atoms with E-state index in [0.29, 0.717) is 0 Å². The molecule has 1 heterocycles. The van der Waals surface area contributed by atoms with Gasteiger partial charge in [-0.05, 0) is 6.92 Å². The Balaban J connectivity index is 2.18. The average Bonchev–Trinajstić information content (AvgIpc) is 1.94. The SMILES string of the molecule is COC(=O)C(C)OC1CNC1. The summed E-state index contributed by atoms with van der Waals surface area (Å²) in [5.74, 6) is -0.308. The van der Waals surface area contributed by atoms with Crippen LogP contribution in [0.4, 0.5) is 0 Å². The average molecular weight is 159 g/mol. The molecule has 1 aliphatic heterocycles. The van der Waals surface area contributed by atoms with Crippen LogP contribution in [0.5, 0.6) is 0 Å². The van der Waals surface area contributed by atoms with Crippen molar-refractivity contribution in [3.05, 3.63) is 0 Å². The molecule has 1 aliphatic rings. The lowest BCUT2D eigenvalue weighted by Crippen LogP contribution is -2.50. The second kappa shape index (κ2) is 3.69. The molecule has 1 rings (SSSR count). The van der Waals surface area contributed by atoms with E-state index in [1.54, 1.807) is 6.92 Å². The molecule has 0 aliphatic carbocycles. The third-order valence-electron chi connectivity index (χ3n) is 1.67. The second-order valence-corrected chi connectivity index (χ2v) is 2.58. The molecule has 0 bridgehead atoms. The predicted molar refractivity (Wildman–Crippen MR) is 39.2 cm³/mol. The van der Waals surface area contributed by atoms with Gasteiger partial charge in [0.05, 0.1) is 13.2 Å². The van der Waals surface area contributed by atoms with Crippen molar-refractivity contribution in [1.29, 1.82) is 0 Å². The Labute approximate surface area is 65.9 Å². The Bertz CT molecular complexity index is 145. The van der Waals surface area contributed by atoms with Crippen LogP contribution >= 0.6 is 0 Å². The van der Waals surface area contributed by atoms with E-state index in [1.807, 2.05) is 0 Å². The smallest absolute Gasteiger partial charge is 0.334 e. The van der Waals surface area contributed by atoms with Crippen molar-refractivity contribution >= 4 is 5.97 Å². The van der Waals surface area contributed by atoms with Gasteiger partial charge in [-0.15, -0.1) is 0 Å². The summed E-state index contributed by atoms with van der Waals surface area (Å²) in [6, 6.07) is 0. The number of hydrogen-bond donors (Lipinski definition) is 1. The van der Waals surface area contributed by atoms with Gasteiger partial charge in [-0.25, -0.2) is 4.79 Å². The molecule has 4 nitrogen and oxygen atoms in total. The maximum atomic E-state index is 10.8. The number of ether oxygens (including phenoxy) is 2. The number of esters is 1. The minimum atomic E-state index is -0.438. The van der Waals surface area contributed by atoms with Crippen LogP contribution in [0.25, 0.3) is 0 Å². The maximum absolute atomic E-state index is 10.8. The second-order valence-electron chi connectivity index (χ2n) is 2.58. The number of hydrogen-bond acceptors (Lipinski definition) is 4. The molecule has 1 saturated heterocycles. The van der Waals surface area contributed by atoms with Crippen LogP contribution in [0.3, 0.4) is 0 Å². The van der Waals surface area contributed by atoms with E-state index >= 15 is 0 Å². The van der Waals surface area contributed by atoms with Gasteiger partial charge in [-0.1, -0.05) is 0 Å². The summed E-state index contributed by atoms with van der Waals surface area (Å²) in [6.45, 7) is 3.37. The number of carbonyl (C=O) groups is 1. The van der Waals surface area contributed by atoms with Crippen molar-refractivity contribution in [2.75, 3.05) is 20.2 Å². The fourth-order valence-electron chi connectivity index (χ4n) is 0.869. The third kappa shape index (κ3) is 2.17. The first-order valence-corrected chi connectivity index (χ1v) is 3.68. The zero-order chi connectivity index (χ0) is 8.27. The lowest BCUT2D eigenvalue weighted by atomic mass is 10.2. The first-order valence-electron chi connectivity index (χ1n) is 3.68. The van der Waals surface area contributed by atoms with E-state index in [9.17, 15) is 4.79 Å². The van der Waals surface area contributed by atoms with Crippen LogP contribution in [-0.4, -0.2) is 38.4 Å². The molecule has 11 heavy (non-hydrogen) atoms. The van der Waals surface area contributed by atoms with Gasteiger partial charge in [-0.3, -0.25) is 0 Å². The van der Waals surface area contributed by atoms with E-state index < -0.39 is 6.10 Å². The van der Waals surface area contributed by atoms with Gasteiger partial charge in [0.2, 0.25) is 0 Å². The van der Waals surface area contributed by atoms with Gasteiger partial charge in [0, 0.05) is 13.1 Å². The minimum absolute atomic E-state index is 0.184. The van der Waals surface area contributed by atoms with Crippen molar-refractivity contribution in [2.24, 2.45) is 0 Å².